The number of fused-ring (bicyclic) bond motifs is 1. The average Bonchev–Trinajstić information content (AvgIpc) is 3.20. The second-order valence-corrected chi connectivity index (χ2v) is 14.5. The van der Waals surface area contributed by atoms with Crippen LogP contribution in [0.25, 0.3) is 0 Å². The van der Waals surface area contributed by atoms with Gasteiger partial charge in [0.2, 0.25) is 10.0 Å². The summed E-state index contributed by atoms with van der Waals surface area (Å²) < 4.78 is 34.8. The maximum absolute atomic E-state index is 13.3. The van der Waals surface area contributed by atoms with Gasteiger partial charge in [-0.25, -0.2) is 17.9 Å². The topological polar surface area (TPSA) is 96.5 Å². The molecule has 0 amide bonds. The van der Waals surface area contributed by atoms with E-state index in [1.54, 1.807) is 35.6 Å². The molecule has 0 atom stereocenters. The van der Waals surface area contributed by atoms with Gasteiger partial charge in [0.25, 0.3) is 0 Å². The highest BCUT2D eigenvalue weighted by atomic mass is 32.2. The first-order chi connectivity index (χ1) is 17.7. The number of esters is 1. The van der Waals surface area contributed by atoms with E-state index in [4.69, 9.17) is 17.0 Å². The van der Waals surface area contributed by atoms with Crippen LogP contribution in [-0.2, 0) is 27.6 Å². The average molecular weight is 560 g/mol. The van der Waals surface area contributed by atoms with Crippen molar-refractivity contribution in [3.05, 3.63) is 40.3 Å². The summed E-state index contributed by atoms with van der Waals surface area (Å²) in [4.78, 5) is 14.0. The summed E-state index contributed by atoms with van der Waals surface area (Å²) in [5.74, 6) is 1.65. The van der Waals surface area contributed by atoms with Gasteiger partial charge in [0, 0.05) is 16.1 Å². The molecule has 2 aromatic rings. The second kappa shape index (κ2) is 9.63. The Hall–Kier alpha value is -2.01. The number of anilines is 2. The van der Waals surface area contributed by atoms with Gasteiger partial charge in [-0.05, 0) is 124 Å². The summed E-state index contributed by atoms with van der Waals surface area (Å²) in [5.41, 5.74) is 2.04. The van der Waals surface area contributed by atoms with Crippen molar-refractivity contribution in [2.45, 2.75) is 74.6 Å². The number of thiophene rings is 1. The van der Waals surface area contributed by atoms with Crippen molar-refractivity contribution in [2.75, 3.05) is 17.7 Å². The standard InChI is InChI=1S/C27H33N3O4S3/c1-34-25(31)23-21-4-2-3-5-22(21)36-24(23)29-26(35)28-19-6-8-20(9-7-19)37(32,33)30-27-13-16-10-17(14-27)12-18(11-16)15-27/h6-9,16-18,30H,2-5,10-15H2,1H3,(H2,28,29,35). The molecule has 5 aliphatic rings. The van der Waals surface area contributed by atoms with Crippen LogP contribution in [0.3, 0.4) is 0 Å². The number of thiocarbonyl (C=S) groups is 1. The van der Waals surface area contributed by atoms with Crippen molar-refractivity contribution in [1.29, 1.82) is 0 Å². The first kappa shape index (κ1) is 25.3. The Kier molecular flexibility index (Phi) is 6.58. The quantitative estimate of drug-likeness (QED) is 0.319. The van der Waals surface area contributed by atoms with Gasteiger partial charge >= 0.3 is 5.97 Å². The number of aryl methyl sites for hydroxylation is 1. The van der Waals surface area contributed by atoms with Crippen molar-refractivity contribution in [3.8, 4) is 0 Å². The van der Waals surface area contributed by atoms with Gasteiger partial charge in [-0.2, -0.15) is 0 Å². The number of hydrogen-bond donors (Lipinski definition) is 3. The van der Waals surface area contributed by atoms with E-state index >= 15 is 0 Å². The molecular formula is C27H33N3O4S3. The third kappa shape index (κ3) is 4.93. The van der Waals surface area contributed by atoms with Crippen molar-refractivity contribution in [3.63, 3.8) is 0 Å². The Labute approximate surface area is 227 Å². The van der Waals surface area contributed by atoms with Gasteiger partial charge < -0.3 is 15.4 Å². The molecule has 4 fully saturated rings. The van der Waals surface area contributed by atoms with Crippen LogP contribution in [0, 0.1) is 17.8 Å². The zero-order chi connectivity index (χ0) is 25.8. The molecule has 7 rings (SSSR count). The van der Waals surface area contributed by atoms with Crippen LogP contribution in [0.5, 0.6) is 0 Å². The van der Waals surface area contributed by atoms with Crippen molar-refractivity contribution < 1.29 is 17.9 Å². The van der Waals surface area contributed by atoms with E-state index < -0.39 is 10.0 Å². The Bertz CT molecular complexity index is 1300. The smallest absolute Gasteiger partial charge is 0.341 e. The van der Waals surface area contributed by atoms with Crippen molar-refractivity contribution in [2.24, 2.45) is 17.8 Å². The third-order valence-corrected chi connectivity index (χ3v) is 11.6. The van der Waals surface area contributed by atoms with Crippen LogP contribution in [0.2, 0.25) is 0 Å². The molecule has 5 aliphatic carbocycles. The van der Waals surface area contributed by atoms with E-state index in [9.17, 15) is 13.2 Å². The van der Waals surface area contributed by atoms with Crippen LogP contribution < -0.4 is 15.4 Å². The molecule has 10 heteroatoms. The summed E-state index contributed by atoms with van der Waals surface area (Å²) in [6.07, 6.45) is 10.7. The molecule has 1 aromatic carbocycles. The first-order valence-corrected chi connectivity index (χ1v) is 15.9. The number of ether oxygens (including phenoxy) is 1. The summed E-state index contributed by atoms with van der Waals surface area (Å²) >= 11 is 7.07. The zero-order valence-corrected chi connectivity index (χ0v) is 23.4. The molecule has 7 nitrogen and oxygen atoms in total. The minimum atomic E-state index is -3.61. The fraction of sp³-hybridized carbons (Fsp3) is 0.556. The molecule has 3 N–H and O–H groups in total. The largest absolute Gasteiger partial charge is 0.465 e. The molecule has 0 radical (unpaired) electrons. The number of carbonyl (C=O) groups is 1. The van der Waals surface area contributed by atoms with Gasteiger partial charge in [-0.15, -0.1) is 11.3 Å². The number of carbonyl (C=O) groups excluding carboxylic acids is 1. The summed E-state index contributed by atoms with van der Waals surface area (Å²) in [5, 5.41) is 7.32. The van der Waals surface area contributed by atoms with Crippen LogP contribution in [0.15, 0.2) is 29.2 Å². The molecule has 37 heavy (non-hydrogen) atoms. The monoisotopic (exact) mass is 559 g/mol. The van der Waals surface area contributed by atoms with E-state index in [0.29, 0.717) is 39.1 Å². The minimum Gasteiger partial charge on any atom is -0.465 e. The number of methoxy groups -OCH3 is 1. The molecule has 198 valence electrons. The predicted molar refractivity (Wildman–Crippen MR) is 150 cm³/mol. The first-order valence-electron chi connectivity index (χ1n) is 13.2. The van der Waals surface area contributed by atoms with Crippen molar-refractivity contribution in [1.82, 2.24) is 4.72 Å². The second-order valence-electron chi connectivity index (χ2n) is 11.3. The van der Waals surface area contributed by atoms with Gasteiger partial charge in [0.1, 0.15) is 5.00 Å². The highest BCUT2D eigenvalue weighted by Crippen LogP contribution is 2.56. The van der Waals surface area contributed by atoms with E-state index in [0.717, 1.165) is 50.5 Å². The van der Waals surface area contributed by atoms with E-state index in [2.05, 4.69) is 15.4 Å². The molecule has 0 spiro atoms. The number of rotatable bonds is 6. The van der Waals surface area contributed by atoms with Crippen molar-refractivity contribution >= 4 is 55.3 Å². The summed E-state index contributed by atoms with van der Waals surface area (Å²) in [6.45, 7) is 0. The lowest BCUT2D eigenvalue weighted by molar-refractivity contribution is -0.00810. The van der Waals surface area contributed by atoms with Crippen LogP contribution in [0.1, 0.15) is 72.2 Å². The lowest BCUT2D eigenvalue weighted by atomic mass is 9.53. The van der Waals surface area contributed by atoms with Crippen LogP contribution in [-0.4, -0.2) is 32.1 Å². The van der Waals surface area contributed by atoms with E-state index in [1.165, 1.54) is 31.2 Å². The zero-order valence-electron chi connectivity index (χ0n) is 21.0. The maximum Gasteiger partial charge on any atom is 0.341 e. The lowest BCUT2D eigenvalue weighted by Crippen LogP contribution is -2.59. The SMILES string of the molecule is COC(=O)c1c(NC(=S)Nc2ccc(S(=O)(=O)NC34CC5CC(CC(C5)C3)C4)cc2)sc2c1CCCC2. The Balaban J connectivity index is 1.13. The molecule has 4 saturated carbocycles. The highest BCUT2D eigenvalue weighted by molar-refractivity contribution is 7.89. The number of nitrogens with one attached hydrogen (secondary N) is 3. The lowest BCUT2D eigenvalue weighted by Gasteiger charge is -2.56. The third-order valence-electron chi connectivity index (χ3n) is 8.60. The molecule has 4 bridgehead atoms. The highest BCUT2D eigenvalue weighted by Gasteiger charge is 2.52. The summed E-state index contributed by atoms with van der Waals surface area (Å²) in [7, 11) is -2.22. The number of sulfonamides is 1. The minimum absolute atomic E-state index is 0.270. The predicted octanol–water partition coefficient (Wildman–Crippen LogP) is 5.47. The maximum atomic E-state index is 13.3. The molecule has 0 unspecified atom stereocenters. The van der Waals surface area contributed by atoms with Gasteiger partial charge in [-0.1, -0.05) is 0 Å². The molecule has 0 aliphatic heterocycles. The normalized spacial score (nSPS) is 28.0. The van der Waals surface area contributed by atoms with E-state index in [-0.39, 0.29) is 16.4 Å². The number of hydrogen-bond acceptors (Lipinski definition) is 6. The van der Waals surface area contributed by atoms with Gasteiger partial charge in [0.05, 0.1) is 17.6 Å². The molecule has 1 heterocycles. The summed E-state index contributed by atoms with van der Waals surface area (Å²) in [6, 6.07) is 6.70. The molecule has 0 saturated heterocycles. The Morgan fingerprint density at radius 1 is 1.00 bits per heavy atom. The Morgan fingerprint density at radius 3 is 2.24 bits per heavy atom. The molecular weight excluding hydrogens is 527 g/mol. The fourth-order valence-electron chi connectivity index (χ4n) is 7.53. The fourth-order valence-corrected chi connectivity index (χ4v) is 10.5. The molecule has 1 aromatic heterocycles. The van der Waals surface area contributed by atoms with Crippen LogP contribution >= 0.6 is 23.6 Å². The van der Waals surface area contributed by atoms with Crippen LogP contribution in [0.4, 0.5) is 10.7 Å². The number of benzene rings is 1. The Morgan fingerprint density at radius 2 is 1.62 bits per heavy atom. The van der Waals surface area contributed by atoms with Gasteiger partial charge in [0.15, 0.2) is 5.11 Å². The van der Waals surface area contributed by atoms with Gasteiger partial charge in [-0.3, -0.25) is 0 Å². The van der Waals surface area contributed by atoms with E-state index in [1.807, 2.05) is 0 Å².